The van der Waals surface area contributed by atoms with Crippen molar-refractivity contribution >= 4 is 17.8 Å². The molecule has 0 bridgehead atoms. The van der Waals surface area contributed by atoms with Crippen molar-refractivity contribution in [2.24, 2.45) is 5.92 Å². The normalized spacial score (nSPS) is 17.3. The Bertz CT molecular complexity index is 693. The van der Waals surface area contributed by atoms with Crippen LogP contribution in [0.5, 0.6) is 0 Å². The van der Waals surface area contributed by atoms with Crippen molar-refractivity contribution in [3.8, 4) is 0 Å². The van der Waals surface area contributed by atoms with Crippen LogP contribution in [0.1, 0.15) is 65.7 Å². The van der Waals surface area contributed by atoms with Gasteiger partial charge in [-0.05, 0) is 53.0 Å². The fourth-order valence-electron chi connectivity index (χ4n) is 3.41. The van der Waals surface area contributed by atoms with Gasteiger partial charge in [0.1, 0.15) is 5.69 Å². The van der Waals surface area contributed by atoms with Crippen LogP contribution in [0.15, 0.2) is 0 Å². The second-order valence-corrected chi connectivity index (χ2v) is 7.10. The minimum atomic E-state index is -0.425. The molecule has 7 heteroatoms. The lowest BCUT2D eigenvalue weighted by atomic mass is 9.96. The summed E-state index contributed by atoms with van der Waals surface area (Å²) in [6.07, 6.45) is 1.56. The molecule has 2 heterocycles. The van der Waals surface area contributed by atoms with E-state index in [1.54, 1.807) is 25.7 Å². The molecular formula is C19H29N3O4. The Balaban J connectivity index is 2.17. The standard InChI is InChI=1S/C19H29N3O4/c1-6-26-19(25)15-12(4)16(21-13(15)5)18(24)22-9-7-8-14(10-22)17(23)20-11(2)3/h11,14,21H,6-10H2,1-5H3,(H,20,23). The number of hydrogen-bond acceptors (Lipinski definition) is 4. The van der Waals surface area contributed by atoms with Gasteiger partial charge in [-0.3, -0.25) is 9.59 Å². The summed E-state index contributed by atoms with van der Waals surface area (Å²) in [5.41, 5.74) is 2.03. The molecule has 2 rings (SSSR count). The molecule has 0 spiro atoms. The largest absolute Gasteiger partial charge is 0.462 e. The van der Waals surface area contributed by atoms with Crippen molar-refractivity contribution in [2.45, 2.75) is 53.5 Å². The number of aromatic amines is 1. The van der Waals surface area contributed by atoms with Crippen LogP contribution in [-0.2, 0) is 9.53 Å². The summed E-state index contributed by atoms with van der Waals surface area (Å²) in [5, 5.41) is 2.92. The van der Waals surface area contributed by atoms with Crippen LogP contribution in [0.25, 0.3) is 0 Å². The molecule has 1 saturated heterocycles. The molecule has 0 aromatic carbocycles. The zero-order chi connectivity index (χ0) is 19.4. The molecule has 1 aliphatic heterocycles. The van der Waals surface area contributed by atoms with Gasteiger partial charge in [0, 0.05) is 24.8 Å². The van der Waals surface area contributed by atoms with Crippen molar-refractivity contribution in [3.05, 3.63) is 22.5 Å². The van der Waals surface area contributed by atoms with Gasteiger partial charge >= 0.3 is 5.97 Å². The third-order valence-corrected chi connectivity index (χ3v) is 4.64. The third-order valence-electron chi connectivity index (χ3n) is 4.64. The molecule has 1 aromatic heterocycles. The molecule has 2 amide bonds. The number of nitrogens with zero attached hydrogens (tertiary/aromatic N) is 1. The highest BCUT2D eigenvalue weighted by Crippen LogP contribution is 2.23. The van der Waals surface area contributed by atoms with Gasteiger partial charge in [-0.15, -0.1) is 0 Å². The molecule has 2 N–H and O–H groups in total. The highest BCUT2D eigenvalue weighted by atomic mass is 16.5. The number of carbonyl (C=O) groups excluding carboxylic acids is 3. The Morgan fingerprint density at radius 2 is 2.00 bits per heavy atom. The number of H-pyrrole nitrogens is 1. The smallest absolute Gasteiger partial charge is 0.340 e. The molecule has 1 atom stereocenters. The Morgan fingerprint density at radius 3 is 2.62 bits per heavy atom. The van der Waals surface area contributed by atoms with Gasteiger partial charge < -0.3 is 19.9 Å². The summed E-state index contributed by atoms with van der Waals surface area (Å²) >= 11 is 0. The summed E-state index contributed by atoms with van der Waals surface area (Å²) in [7, 11) is 0. The van der Waals surface area contributed by atoms with E-state index in [-0.39, 0.29) is 30.4 Å². The topological polar surface area (TPSA) is 91.5 Å². The number of hydrogen-bond donors (Lipinski definition) is 2. The zero-order valence-electron chi connectivity index (χ0n) is 16.3. The first-order valence-electron chi connectivity index (χ1n) is 9.22. The van der Waals surface area contributed by atoms with Gasteiger partial charge in [0.2, 0.25) is 5.91 Å². The predicted molar refractivity (Wildman–Crippen MR) is 98.1 cm³/mol. The number of nitrogens with one attached hydrogen (secondary N) is 2. The quantitative estimate of drug-likeness (QED) is 0.785. The van der Waals surface area contributed by atoms with E-state index >= 15 is 0 Å². The summed E-state index contributed by atoms with van der Waals surface area (Å²) in [6, 6.07) is 0.0778. The molecule has 0 saturated carbocycles. The van der Waals surface area contributed by atoms with Gasteiger partial charge in [-0.2, -0.15) is 0 Å². The van der Waals surface area contributed by atoms with Crippen LogP contribution in [0.4, 0.5) is 0 Å². The number of carbonyl (C=O) groups is 3. The van der Waals surface area contributed by atoms with E-state index in [2.05, 4.69) is 10.3 Å². The SMILES string of the molecule is CCOC(=O)c1c(C)[nH]c(C(=O)N2CCCC(C(=O)NC(C)C)C2)c1C. The Morgan fingerprint density at radius 1 is 1.31 bits per heavy atom. The number of ether oxygens (including phenoxy) is 1. The van der Waals surface area contributed by atoms with E-state index in [1.807, 2.05) is 13.8 Å². The van der Waals surface area contributed by atoms with E-state index in [4.69, 9.17) is 4.74 Å². The number of likely N-dealkylation sites (tertiary alicyclic amines) is 1. The maximum Gasteiger partial charge on any atom is 0.340 e. The van der Waals surface area contributed by atoms with Crippen molar-refractivity contribution in [1.82, 2.24) is 15.2 Å². The van der Waals surface area contributed by atoms with Crippen LogP contribution in [-0.4, -0.2) is 53.4 Å². The Labute approximate surface area is 154 Å². The first-order chi connectivity index (χ1) is 12.3. The van der Waals surface area contributed by atoms with Gasteiger partial charge in [0.15, 0.2) is 0 Å². The summed E-state index contributed by atoms with van der Waals surface area (Å²) < 4.78 is 5.08. The number of aromatic nitrogens is 1. The van der Waals surface area contributed by atoms with Crippen LogP contribution < -0.4 is 5.32 Å². The fourth-order valence-corrected chi connectivity index (χ4v) is 3.41. The van der Waals surface area contributed by atoms with Crippen LogP contribution in [0.3, 0.4) is 0 Å². The lowest BCUT2D eigenvalue weighted by Gasteiger charge is -2.32. The predicted octanol–water partition coefficient (Wildman–Crippen LogP) is 2.19. The third kappa shape index (κ3) is 4.26. The van der Waals surface area contributed by atoms with E-state index < -0.39 is 5.97 Å². The number of rotatable bonds is 5. The molecule has 1 aliphatic rings. The van der Waals surface area contributed by atoms with Crippen LogP contribution in [0, 0.1) is 19.8 Å². The van der Waals surface area contributed by atoms with Gasteiger partial charge in [-0.25, -0.2) is 4.79 Å². The van der Waals surface area contributed by atoms with Crippen molar-refractivity contribution in [2.75, 3.05) is 19.7 Å². The second kappa shape index (κ2) is 8.38. The first kappa shape index (κ1) is 20.0. The Hall–Kier alpha value is -2.31. The van der Waals surface area contributed by atoms with Crippen molar-refractivity contribution in [1.29, 1.82) is 0 Å². The van der Waals surface area contributed by atoms with E-state index in [9.17, 15) is 14.4 Å². The monoisotopic (exact) mass is 363 g/mol. The summed E-state index contributed by atoms with van der Waals surface area (Å²) in [4.78, 5) is 42.1. The van der Waals surface area contributed by atoms with Crippen LogP contribution in [0.2, 0.25) is 0 Å². The lowest BCUT2D eigenvalue weighted by Crippen LogP contribution is -2.46. The lowest BCUT2D eigenvalue weighted by molar-refractivity contribution is -0.126. The molecule has 7 nitrogen and oxygen atoms in total. The molecule has 26 heavy (non-hydrogen) atoms. The van der Waals surface area contributed by atoms with Crippen molar-refractivity contribution in [3.63, 3.8) is 0 Å². The summed E-state index contributed by atoms with van der Waals surface area (Å²) in [5.74, 6) is -0.811. The Kier molecular flexibility index (Phi) is 6.45. The number of piperidine rings is 1. The maximum absolute atomic E-state index is 13.0. The average Bonchev–Trinajstić information content (AvgIpc) is 2.88. The number of aryl methyl sites for hydroxylation is 1. The second-order valence-electron chi connectivity index (χ2n) is 7.10. The summed E-state index contributed by atoms with van der Waals surface area (Å²) in [6.45, 7) is 10.4. The molecule has 1 aromatic rings. The molecule has 1 fully saturated rings. The van der Waals surface area contributed by atoms with Crippen molar-refractivity contribution < 1.29 is 19.1 Å². The van der Waals surface area contributed by atoms with Crippen LogP contribution >= 0.6 is 0 Å². The highest BCUT2D eigenvalue weighted by Gasteiger charge is 2.31. The van der Waals surface area contributed by atoms with E-state index in [0.717, 1.165) is 12.8 Å². The van der Waals surface area contributed by atoms with E-state index in [1.165, 1.54) is 0 Å². The van der Waals surface area contributed by atoms with Gasteiger partial charge in [-0.1, -0.05) is 0 Å². The van der Waals surface area contributed by atoms with Gasteiger partial charge in [0.05, 0.1) is 18.1 Å². The van der Waals surface area contributed by atoms with Gasteiger partial charge in [0.25, 0.3) is 5.91 Å². The van der Waals surface area contributed by atoms with E-state index in [0.29, 0.717) is 35.6 Å². The highest BCUT2D eigenvalue weighted by molar-refractivity contribution is 6.00. The first-order valence-corrected chi connectivity index (χ1v) is 9.22. The molecule has 0 radical (unpaired) electrons. The molecular weight excluding hydrogens is 334 g/mol. The molecule has 144 valence electrons. The molecule has 1 unspecified atom stereocenters. The number of esters is 1. The number of amides is 2. The zero-order valence-corrected chi connectivity index (χ0v) is 16.3. The minimum absolute atomic E-state index is 0.0101. The average molecular weight is 363 g/mol. The maximum atomic E-state index is 13.0. The minimum Gasteiger partial charge on any atom is -0.462 e. The molecule has 0 aliphatic carbocycles. The fraction of sp³-hybridized carbons (Fsp3) is 0.632.